The van der Waals surface area contributed by atoms with Gasteiger partial charge >= 0.3 is 0 Å². The summed E-state index contributed by atoms with van der Waals surface area (Å²) in [6.45, 7) is 3.96. The molecule has 4 nitrogen and oxygen atoms in total. The Kier molecular flexibility index (Phi) is 1.88. The first-order valence-corrected chi connectivity index (χ1v) is 4.86. The lowest BCUT2D eigenvalue weighted by molar-refractivity contribution is 0.415. The molecule has 0 radical (unpaired) electrons. The minimum atomic E-state index is -0.152. The van der Waals surface area contributed by atoms with Crippen molar-refractivity contribution in [3.63, 3.8) is 0 Å². The molecule has 1 aliphatic rings. The van der Waals surface area contributed by atoms with Gasteiger partial charge in [0, 0.05) is 29.7 Å². The number of phenols is 3. The van der Waals surface area contributed by atoms with Gasteiger partial charge in [0.05, 0.1) is 0 Å². The van der Waals surface area contributed by atoms with Gasteiger partial charge in [-0.15, -0.1) is 0 Å². The van der Waals surface area contributed by atoms with E-state index in [4.69, 9.17) is 10.8 Å². The lowest BCUT2D eigenvalue weighted by Gasteiger charge is -2.08. The first-order chi connectivity index (χ1) is 6.85. The Morgan fingerprint density at radius 3 is 1.87 bits per heavy atom. The molecule has 4 heteroatoms. The molecular weight excluding hydrogens is 194 g/mol. The minimum absolute atomic E-state index is 0.0573. The second-order valence-electron chi connectivity index (χ2n) is 4.72. The van der Waals surface area contributed by atoms with Crippen molar-refractivity contribution < 1.29 is 15.3 Å². The third-order valence-corrected chi connectivity index (χ3v) is 3.34. The van der Waals surface area contributed by atoms with Gasteiger partial charge in [-0.1, -0.05) is 13.8 Å². The van der Waals surface area contributed by atoms with Gasteiger partial charge in [0.25, 0.3) is 0 Å². The van der Waals surface area contributed by atoms with Gasteiger partial charge in [-0.05, 0) is 5.41 Å². The predicted molar refractivity (Wildman–Crippen MR) is 55.9 cm³/mol. The topological polar surface area (TPSA) is 86.7 Å². The fourth-order valence-electron chi connectivity index (χ4n) is 2.16. The van der Waals surface area contributed by atoms with E-state index >= 15 is 0 Å². The third kappa shape index (κ3) is 1.33. The first-order valence-electron chi connectivity index (χ1n) is 4.86. The van der Waals surface area contributed by atoms with Gasteiger partial charge in [0.1, 0.15) is 17.2 Å². The quantitative estimate of drug-likeness (QED) is 0.560. The molecule has 5 N–H and O–H groups in total. The molecule has 1 aromatic rings. The van der Waals surface area contributed by atoms with E-state index in [0.717, 1.165) is 0 Å². The fraction of sp³-hybridized carbons (Fsp3) is 0.455. The van der Waals surface area contributed by atoms with Crippen LogP contribution < -0.4 is 5.73 Å². The van der Waals surface area contributed by atoms with Gasteiger partial charge < -0.3 is 21.1 Å². The second-order valence-corrected chi connectivity index (χ2v) is 4.72. The van der Waals surface area contributed by atoms with E-state index in [-0.39, 0.29) is 34.6 Å². The van der Waals surface area contributed by atoms with Gasteiger partial charge in [-0.25, -0.2) is 0 Å². The maximum Gasteiger partial charge on any atom is 0.126 e. The maximum atomic E-state index is 9.66. The first kappa shape index (κ1) is 10.1. The number of aromatic hydroxyl groups is 3. The zero-order valence-corrected chi connectivity index (χ0v) is 8.73. The lowest BCUT2D eigenvalue weighted by Crippen LogP contribution is -2.06. The molecule has 0 heterocycles. The third-order valence-electron chi connectivity index (χ3n) is 3.34. The van der Waals surface area contributed by atoms with E-state index in [1.54, 1.807) is 0 Å². The summed E-state index contributed by atoms with van der Waals surface area (Å²) in [5.74, 6) is -0.407. The molecule has 82 valence electrons. The van der Waals surface area contributed by atoms with Crippen molar-refractivity contribution in [2.75, 3.05) is 0 Å². The van der Waals surface area contributed by atoms with Crippen LogP contribution in [0.15, 0.2) is 12.1 Å². The second kappa shape index (κ2) is 2.79. The van der Waals surface area contributed by atoms with E-state index in [1.165, 1.54) is 12.1 Å². The molecular formula is C11H15NO3. The van der Waals surface area contributed by atoms with Crippen LogP contribution in [0.1, 0.15) is 25.3 Å². The zero-order valence-electron chi connectivity index (χ0n) is 8.73. The number of benzene rings is 1. The van der Waals surface area contributed by atoms with Crippen molar-refractivity contribution in [1.82, 2.24) is 0 Å². The van der Waals surface area contributed by atoms with Gasteiger partial charge in [0.15, 0.2) is 0 Å². The van der Waals surface area contributed by atoms with Crippen molar-refractivity contribution in [2.24, 2.45) is 11.1 Å². The molecule has 2 unspecified atom stereocenters. The molecule has 0 spiro atoms. The average molecular weight is 209 g/mol. The molecule has 0 aromatic heterocycles. The van der Waals surface area contributed by atoms with Crippen LogP contribution in [-0.2, 0) is 0 Å². The summed E-state index contributed by atoms with van der Waals surface area (Å²) >= 11 is 0. The number of nitrogens with two attached hydrogens (primary N) is 1. The number of hydrogen-bond donors (Lipinski definition) is 4. The minimum Gasteiger partial charge on any atom is -0.508 e. The molecule has 0 amide bonds. The molecule has 15 heavy (non-hydrogen) atoms. The Hall–Kier alpha value is -1.42. The molecule has 2 atom stereocenters. The van der Waals surface area contributed by atoms with Crippen LogP contribution in [0, 0.1) is 5.41 Å². The Balaban J connectivity index is 2.47. The van der Waals surface area contributed by atoms with Gasteiger partial charge in [-0.2, -0.15) is 0 Å². The van der Waals surface area contributed by atoms with Crippen LogP contribution in [0.5, 0.6) is 17.2 Å². The molecule has 0 saturated heterocycles. The summed E-state index contributed by atoms with van der Waals surface area (Å²) < 4.78 is 0. The summed E-state index contributed by atoms with van der Waals surface area (Å²) in [4.78, 5) is 0. The maximum absolute atomic E-state index is 9.66. The summed E-state index contributed by atoms with van der Waals surface area (Å²) in [5.41, 5.74) is 6.18. The highest BCUT2D eigenvalue weighted by molar-refractivity contribution is 5.54. The van der Waals surface area contributed by atoms with Crippen molar-refractivity contribution in [3.05, 3.63) is 17.7 Å². The van der Waals surface area contributed by atoms with E-state index in [9.17, 15) is 10.2 Å². The van der Waals surface area contributed by atoms with Crippen LogP contribution in [0.4, 0.5) is 0 Å². The largest absolute Gasteiger partial charge is 0.508 e. The fourth-order valence-corrected chi connectivity index (χ4v) is 2.16. The van der Waals surface area contributed by atoms with Gasteiger partial charge in [0.2, 0.25) is 0 Å². The summed E-state index contributed by atoms with van der Waals surface area (Å²) in [6.07, 6.45) is 0. The van der Waals surface area contributed by atoms with Crippen molar-refractivity contribution in [1.29, 1.82) is 0 Å². The van der Waals surface area contributed by atoms with Crippen molar-refractivity contribution in [2.45, 2.75) is 25.8 Å². The van der Waals surface area contributed by atoms with E-state index in [0.29, 0.717) is 5.56 Å². The Morgan fingerprint density at radius 1 is 1.13 bits per heavy atom. The highest BCUT2D eigenvalue weighted by Gasteiger charge is 2.58. The van der Waals surface area contributed by atoms with Gasteiger partial charge in [-0.3, -0.25) is 0 Å². The Morgan fingerprint density at radius 2 is 1.53 bits per heavy atom. The molecule has 1 fully saturated rings. The van der Waals surface area contributed by atoms with Crippen molar-refractivity contribution in [3.8, 4) is 17.2 Å². The molecule has 1 aromatic carbocycles. The summed E-state index contributed by atoms with van der Waals surface area (Å²) in [6, 6.07) is 2.37. The standard InChI is InChI=1S/C11H15NO3/c1-11(2)9(10(11)12)8-6(14)3-5(13)4-7(8)15/h3-4,9-10,13-15H,12H2,1-2H3. The van der Waals surface area contributed by atoms with Crippen molar-refractivity contribution >= 4 is 0 Å². The number of hydrogen-bond acceptors (Lipinski definition) is 4. The normalized spacial score (nSPS) is 27.7. The highest BCUT2D eigenvalue weighted by Crippen LogP contribution is 2.61. The molecule has 1 aliphatic carbocycles. The smallest absolute Gasteiger partial charge is 0.126 e. The van der Waals surface area contributed by atoms with Crippen LogP contribution in [-0.4, -0.2) is 21.4 Å². The van der Waals surface area contributed by atoms with E-state index < -0.39 is 0 Å². The summed E-state index contributed by atoms with van der Waals surface area (Å²) in [7, 11) is 0. The monoisotopic (exact) mass is 209 g/mol. The Bertz CT molecular complexity index is 391. The predicted octanol–water partition coefficient (Wildman–Crippen LogP) is 1.25. The zero-order chi connectivity index (χ0) is 11.4. The molecule has 0 aliphatic heterocycles. The SMILES string of the molecule is CC1(C)C(N)C1c1c(O)cc(O)cc1O. The molecule has 1 saturated carbocycles. The van der Waals surface area contributed by atoms with E-state index in [2.05, 4.69) is 0 Å². The number of phenolic OH excluding ortho intramolecular Hbond substituents is 3. The molecule has 0 bridgehead atoms. The van der Waals surface area contributed by atoms with E-state index in [1.807, 2.05) is 13.8 Å². The lowest BCUT2D eigenvalue weighted by atomic mass is 10.0. The summed E-state index contributed by atoms with van der Waals surface area (Å²) in [5, 5.41) is 28.5. The van der Waals surface area contributed by atoms with Crippen LogP contribution in [0.2, 0.25) is 0 Å². The van der Waals surface area contributed by atoms with Crippen LogP contribution in [0.3, 0.4) is 0 Å². The van der Waals surface area contributed by atoms with Crippen LogP contribution in [0.25, 0.3) is 0 Å². The molecule has 2 rings (SSSR count). The average Bonchev–Trinajstić information content (AvgIpc) is 2.53. The van der Waals surface area contributed by atoms with Crippen LogP contribution >= 0.6 is 0 Å². The highest BCUT2D eigenvalue weighted by atomic mass is 16.3. The Labute approximate surface area is 88.0 Å². The number of rotatable bonds is 1.